The maximum Gasteiger partial charge on any atom is 0.344 e. The summed E-state index contributed by atoms with van der Waals surface area (Å²) in [5, 5.41) is 0. The average Bonchev–Trinajstić information content (AvgIpc) is 2.12. The number of nitrogen functional groups attached to an aromatic ring is 1. The first-order valence-electron chi connectivity index (χ1n) is 5.90. The molecule has 0 aliphatic heterocycles. The third-order valence-corrected chi connectivity index (χ3v) is 2.24. The molecule has 100 valence electrons. The molecule has 4 heteroatoms. The third-order valence-electron chi connectivity index (χ3n) is 2.24. The molecule has 18 heavy (non-hydrogen) atoms. The summed E-state index contributed by atoms with van der Waals surface area (Å²) in [4.78, 5) is 11.5. The Balaban J connectivity index is 2.67. The van der Waals surface area contributed by atoms with E-state index < -0.39 is 5.60 Å². The van der Waals surface area contributed by atoms with Crippen molar-refractivity contribution in [2.24, 2.45) is 0 Å². The number of anilines is 1. The monoisotopic (exact) mass is 251 g/mol. The first kappa shape index (κ1) is 14.4. The Labute approximate surface area is 108 Å². The van der Waals surface area contributed by atoms with E-state index in [1.807, 2.05) is 46.8 Å². The molecule has 2 N–H and O–H groups in total. The van der Waals surface area contributed by atoms with Crippen molar-refractivity contribution in [1.82, 2.24) is 0 Å². The van der Waals surface area contributed by atoms with Crippen molar-refractivity contribution in [3.8, 4) is 5.75 Å². The predicted octanol–water partition coefficient (Wildman–Crippen LogP) is 2.61. The molecule has 0 amide bonds. The standard InChI is InChI=1S/C14H21NO3/c1-9-6-11(15)7-10(2)13(9)17-8-12(16)18-14(3,4)5/h6-7H,8,15H2,1-5H3. The number of nitrogens with two attached hydrogens (primary N) is 1. The minimum Gasteiger partial charge on any atom is -0.481 e. The highest BCUT2D eigenvalue weighted by Gasteiger charge is 2.17. The number of esters is 1. The molecule has 0 aliphatic carbocycles. The van der Waals surface area contributed by atoms with Crippen molar-refractivity contribution in [3.05, 3.63) is 23.3 Å². The van der Waals surface area contributed by atoms with Gasteiger partial charge in [-0.3, -0.25) is 0 Å². The van der Waals surface area contributed by atoms with Gasteiger partial charge < -0.3 is 15.2 Å². The highest BCUT2D eigenvalue weighted by molar-refractivity contribution is 5.71. The van der Waals surface area contributed by atoms with Crippen LogP contribution in [0.25, 0.3) is 0 Å². The van der Waals surface area contributed by atoms with Crippen LogP contribution in [0.4, 0.5) is 5.69 Å². The van der Waals surface area contributed by atoms with Crippen molar-refractivity contribution in [1.29, 1.82) is 0 Å². The second-order valence-corrected chi connectivity index (χ2v) is 5.36. The Morgan fingerprint density at radius 2 is 1.72 bits per heavy atom. The minimum absolute atomic E-state index is 0.0944. The molecule has 0 heterocycles. The maximum atomic E-state index is 11.5. The molecule has 0 atom stereocenters. The summed E-state index contributed by atoms with van der Waals surface area (Å²) in [6, 6.07) is 3.63. The number of hydrogen-bond donors (Lipinski definition) is 1. The summed E-state index contributed by atoms with van der Waals surface area (Å²) in [5.74, 6) is 0.313. The summed E-state index contributed by atoms with van der Waals surface area (Å²) in [6.07, 6.45) is 0. The van der Waals surface area contributed by atoms with Crippen molar-refractivity contribution < 1.29 is 14.3 Å². The van der Waals surface area contributed by atoms with E-state index in [1.54, 1.807) is 0 Å². The topological polar surface area (TPSA) is 61.5 Å². The predicted molar refractivity (Wildman–Crippen MR) is 71.7 cm³/mol. The zero-order valence-electron chi connectivity index (χ0n) is 11.7. The van der Waals surface area contributed by atoms with Gasteiger partial charge in [-0.1, -0.05) is 0 Å². The van der Waals surface area contributed by atoms with Crippen molar-refractivity contribution in [2.75, 3.05) is 12.3 Å². The Hall–Kier alpha value is -1.71. The fourth-order valence-electron chi connectivity index (χ4n) is 1.71. The Bertz CT molecular complexity index is 424. The molecule has 0 aliphatic rings. The van der Waals surface area contributed by atoms with Crippen LogP contribution in [-0.2, 0) is 9.53 Å². The van der Waals surface area contributed by atoms with Crippen molar-refractivity contribution >= 4 is 11.7 Å². The lowest BCUT2D eigenvalue weighted by Crippen LogP contribution is -2.27. The number of benzene rings is 1. The first-order valence-corrected chi connectivity index (χ1v) is 5.90. The van der Waals surface area contributed by atoms with Crippen LogP contribution in [0.15, 0.2) is 12.1 Å². The smallest absolute Gasteiger partial charge is 0.344 e. The van der Waals surface area contributed by atoms with Crippen LogP contribution in [-0.4, -0.2) is 18.2 Å². The molecule has 0 unspecified atom stereocenters. The molecule has 0 saturated carbocycles. The summed E-state index contributed by atoms with van der Waals surface area (Å²) in [5.41, 5.74) is 7.74. The third kappa shape index (κ3) is 4.28. The van der Waals surface area contributed by atoms with Crippen LogP contribution in [0.2, 0.25) is 0 Å². The fraction of sp³-hybridized carbons (Fsp3) is 0.500. The largest absolute Gasteiger partial charge is 0.481 e. The van der Waals surface area contributed by atoms with Crippen LogP contribution in [0, 0.1) is 13.8 Å². The molecule has 1 rings (SSSR count). The van der Waals surface area contributed by atoms with E-state index in [4.69, 9.17) is 15.2 Å². The second kappa shape index (κ2) is 5.29. The van der Waals surface area contributed by atoms with Gasteiger partial charge in [0.1, 0.15) is 11.4 Å². The Morgan fingerprint density at radius 1 is 1.22 bits per heavy atom. The van der Waals surface area contributed by atoms with Crippen LogP contribution >= 0.6 is 0 Å². The van der Waals surface area contributed by atoms with E-state index in [0.717, 1.165) is 11.1 Å². The van der Waals surface area contributed by atoms with Gasteiger partial charge in [0.05, 0.1) is 0 Å². The number of ether oxygens (including phenoxy) is 2. The molecule has 0 saturated heterocycles. The molecule has 0 spiro atoms. The Morgan fingerprint density at radius 3 is 2.17 bits per heavy atom. The number of carbonyl (C=O) groups excluding carboxylic acids is 1. The van der Waals surface area contributed by atoms with Gasteiger partial charge in [0.2, 0.25) is 0 Å². The van der Waals surface area contributed by atoms with E-state index in [2.05, 4.69) is 0 Å². The summed E-state index contributed by atoms with van der Waals surface area (Å²) < 4.78 is 10.7. The molecule has 1 aromatic rings. The average molecular weight is 251 g/mol. The highest BCUT2D eigenvalue weighted by Crippen LogP contribution is 2.25. The summed E-state index contributed by atoms with van der Waals surface area (Å²) in [7, 11) is 0. The minimum atomic E-state index is -0.494. The van der Waals surface area contributed by atoms with E-state index in [1.165, 1.54) is 0 Å². The highest BCUT2D eigenvalue weighted by atomic mass is 16.6. The number of carbonyl (C=O) groups is 1. The Kier molecular flexibility index (Phi) is 4.22. The van der Waals surface area contributed by atoms with Gasteiger partial charge in [-0.25, -0.2) is 4.79 Å². The van der Waals surface area contributed by atoms with E-state index >= 15 is 0 Å². The molecule has 0 bridgehead atoms. The second-order valence-electron chi connectivity index (χ2n) is 5.36. The van der Waals surface area contributed by atoms with E-state index in [-0.39, 0.29) is 12.6 Å². The quantitative estimate of drug-likeness (QED) is 0.662. The molecule has 0 radical (unpaired) electrons. The van der Waals surface area contributed by atoms with Crippen LogP contribution in [0.3, 0.4) is 0 Å². The van der Waals surface area contributed by atoms with Gasteiger partial charge in [0.25, 0.3) is 0 Å². The SMILES string of the molecule is Cc1cc(N)cc(C)c1OCC(=O)OC(C)(C)C. The van der Waals surface area contributed by atoms with Gasteiger partial charge in [0.15, 0.2) is 6.61 Å². The molecule has 0 aromatic heterocycles. The van der Waals surface area contributed by atoms with Crippen LogP contribution < -0.4 is 10.5 Å². The lowest BCUT2D eigenvalue weighted by Gasteiger charge is -2.20. The van der Waals surface area contributed by atoms with E-state index in [0.29, 0.717) is 11.4 Å². The van der Waals surface area contributed by atoms with Crippen LogP contribution in [0.1, 0.15) is 31.9 Å². The lowest BCUT2D eigenvalue weighted by molar-refractivity contribution is -0.157. The molecule has 1 aromatic carbocycles. The molecular weight excluding hydrogens is 230 g/mol. The van der Waals surface area contributed by atoms with Gasteiger partial charge in [-0.2, -0.15) is 0 Å². The normalized spacial score (nSPS) is 11.2. The number of aryl methyl sites for hydroxylation is 2. The maximum absolute atomic E-state index is 11.5. The lowest BCUT2D eigenvalue weighted by atomic mass is 10.1. The number of rotatable bonds is 3. The molecule has 4 nitrogen and oxygen atoms in total. The van der Waals surface area contributed by atoms with E-state index in [9.17, 15) is 4.79 Å². The first-order chi connectivity index (χ1) is 8.19. The van der Waals surface area contributed by atoms with Crippen molar-refractivity contribution in [3.63, 3.8) is 0 Å². The summed E-state index contributed by atoms with van der Waals surface area (Å²) in [6.45, 7) is 9.17. The summed E-state index contributed by atoms with van der Waals surface area (Å²) >= 11 is 0. The van der Waals surface area contributed by atoms with Gasteiger partial charge in [0, 0.05) is 5.69 Å². The van der Waals surface area contributed by atoms with Gasteiger partial charge in [-0.15, -0.1) is 0 Å². The molecule has 0 fully saturated rings. The van der Waals surface area contributed by atoms with Gasteiger partial charge >= 0.3 is 5.97 Å². The fourth-order valence-corrected chi connectivity index (χ4v) is 1.71. The zero-order valence-corrected chi connectivity index (χ0v) is 11.7. The number of hydrogen-bond acceptors (Lipinski definition) is 4. The van der Waals surface area contributed by atoms with Crippen molar-refractivity contribution in [2.45, 2.75) is 40.2 Å². The zero-order chi connectivity index (χ0) is 13.9. The van der Waals surface area contributed by atoms with Crippen LogP contribution in [0.5, 0.6) is 5.75 Å². The van der Waals surface area contributed by atoms with Gasteiger partial charge in [-0.05, 0) is 57.9 Å². The molecular formula is C14H21NO3.